The zero-order valence-electron chi connectivity index (χ0n) is 11.6. The quantitative estimate of drug-likeness (QED) is 0.845. The van der Waals surface area contributed by atoms with Crippen molar-refractivity contribution in [2.75, 3.05) is 19.6 Å². The van der Waals surface area contributed by atoms with Crippen LogP contribution in [0.5, 0.6) is 0 Å². The van der Waals surface area contributed by atoms with Gasteiger partial charge in [0.05, 0.1) is 16.3 Å². The molecule has 1 amide bonds. The number of hydrogen-bond donors (Lipinski definition) is 1. The van der Waals surface area contributed by atoms with Gasteiger partial charge in [0.1, 0.15) is 0 Å². The van der Waals surface area contributed by atoms with E-state index in [4.69, 9.17) is 5.73 Å². The Labute approximate surface area is 124 Å². The number of carbonyl (C=O) groups is 1. The van der Waals surface area contributed by atoms with Crippen LogP contribution in [-0.4, -0.2) is 30.4 Å². The third-order valence-electron chi connectivity index (χ3n) is 3.77. The summed E-state index contributed by atoms with van der Waals surface area (Å²) < 4.78 is 0. The zero-order chi connectivity index (χ0) is 13.9. The number of nitrogens with zero attached hydrogens (tertiary/aromatic N) is 1. The smallest absolute Gasteiger partial charge is 0.263 e. The molecule has 2 N–H and O–H groups in total. The second-order valence-corrected chi connectivity index (χ2v) is 6.85. The van der Waals surface area contributed by atoms with Gasteiger partial charge in [-0.1, -0.05) is 11.8 Å². The molecule has 20 heavy (non-hydrogen) atoms. The van der Waals surface area contributed by atoms with E-state index in [0.717, 1.165) is 34.7 Å². The Morgan fingerprint density at radius 2 is 1.90 bits per heavy atom. The lowest BCUT2D eigenvalue weighted by molar-refractivity contribution is 0.0744. The average Bonchev–Trinajstić information content (AvgIpc) is 3.37. The topological polar surface area (TPSA) is 46.3 Å². The van der Waals surface area contributed by atoms with Crippen molar-refractivity contribution in [1.29, 1.82) is 0 Å². The van der Waals surface area contributed by atoms with Gasteiger partial charge in [0.15, 0.2) is 0 Å². The molecular weight excluding hydrogens is 268 g/mol. The number of rotatable bonds is 5. The lowest BCUT2D eigenvalue weighted by atomic mass is 10.3. The molecule has 0 spiro atoms. The first-order valence-corrected chi connectivity index (χ1v) is 8.16. The molecule has 1 aromatic rings. The van der Waals surface area contributed by atoms with Crippen LogP contribution in [0.2, 0.25) is 0 Å². The molecule has 2 aliphatic rings. The van der Waals surface area contributed by atoms with Gasteiger partial charge >= 0.3 is 0 Å². The van der Waals surface area contributed by atoms with Crippen molar-refractivity contribution in [3.63, 3.8) is 0 Å². The van der Waals surface area contributed by atoms with E-state index in [1.807, 2.05) is 12.1 Å². The van der Waals surface area contributed by atoms with Crippen LogP contribution in [0.3, 0.4) is 0 Å². The fraction of sp³-hybridized carbons (Fsp3) is 0.562. The Balaban J connectivity index is 1.68. The molecule has 0 unspecified atom stereocenters. The van der Waals surface area contributed by atoms with Crippen molar-refractivity contribution in [2.45, 2.75) is 25.7 Å². The molecule has 0 saturated heterocycles. The fourth-order valence-corrected chi connectivity index (χ4v) is 3.13. The second kappa shape index (κ2) is 5.99. The van der Waals surface area contributed by atoms with Crippen molar-refractivity contribution in [2.24, 2.45) is 17.6 Å². The van der Waals surface area contributed by atoms with Crippen LogP contribution in [0, 0.1) is 23.7 Å². The van der Waals surface area contributed by atoms with E-state index < -0.39 is 0 Å². The number of amides is 1. The van der Waals surface area contributed by atoms with Crippen LogP contribution in [0.4, 0.5) is 0 Å². The van der Waals surface area contributed by atoms with Crippen LogP contribution in [-0.2, 0) is 0 Å². The summed E-state index contributed by atoms with van der Waals surface area (Å²) in [6.45, 7) is 2.24. The minimum atomic E-state index is 0.189. The first kappa shape index (κ1) is 13.7. The maximum atomic E-state index is 12.6. The summed E-state index contributed by atoms with van der Waals surface area (Å²) in [7, 11) is 0. The Bertz CT molecular complexity index is 532. The van der Waals surface area contributed by atoms with Crippen molar-refractivity contribution in [1.82, 2.24) is 4.90 Å². The number of thiophene rings is 1. The van der Waals surface area contributed by atoms with Gasteiger partial charge in [-0.2, -0.15) is 0 Å². The number of hydrogen-bond acceptors (Lipinski definition) is 3. The molecule has 1 heterocycles. The summed E-state index contributed by atoms with van der Waals surface area (Å²) in [6, 6.07) is 3.83. The second-order valence-electron chi connectivity index (χ2n) is 5.77. The van der Waals surface area contributed by atoms with Crippen LogP contribution in [0.25, 0.3) is 0 Å². The van der Waals surface area contributed by atoms with Gasteiger partial charge in [0.2, 0.25) is 0 Å². The molecule has 3 nitrogen and oxygen atoms in total. The molecule has 0 bridgehead atoms. The molecule has 0 atom stereocenters. The highest BCUT2D eigenvalue weighted by atomic mass is 32.1. The Hall–Kier alpha value is -1.31. The Morgan fingerprint density at radius 3 is 2.45 bits per heavy atom. The van der Waals surface area contributed by atoms with E-state index >= 15 is 0 Å². The predicted octanol–water partition coefficient (Wildman–Crippen LogP) is 2.32. The summed E-state index contributed by atoms with van der Waals surface area (Å²) in [5.74, 6) is 7.51. The van der Waals surface area contributed by atoms with Gasteiger partial charge in [-0.15, -0.1) is 11.3 Å². The van der Waals surface area contributed by atoms with Crippen molar-refractivity contribution >= 4 is 17.2 Å². The van der Waals surface area contributed by atoms with E-state index in [2.05, 4.69) is 16.7 Å². The van der Waals surface area contributed by atoms with Crippen molar-refractivity contribution in [3.05, 3.63) is 21.9 Å². The summed E-state index contributed by atoms with van der Waals surface area (Å²) >= 11 is 1.48. The van der Waals surface area contributed by atoms with Gasteiger partial charge in [-0.25, -0.2) is 0 Å². The minimum Gasteiger partial charge on any atom is -0.337 e. The third kappa shape index (κ3) is 3.62. The molecular formula is C16H20N2OS. The summed E-state index contributed by atoms with van der Waals surface area (Å²) in [6.07, 6.45) is 5.14. The lowest BCUT2D eigenvalue weighted by Gasteiger charge is -2.21. The molecule has 1 aromatic heterocycles. The summed E-state index contributed by atoms with van der Waals surface area (Å²) in [5, 5.41) is 0. The first-order valence-electron chi connectivity index (χ1n) is 7.34. The number of nitrogens with two attached hydrogens (primary N) is 1. The molecule has 0 radical (unpaired) electrons. The van der Waals surface area contributed by atoms with E-state index in [1.54, 1.807) is 0 Å². The van der Waals surface area contributed by atoms with Crippen LogP contribution >= 0.6 is 11.3 Å². The van der Waals surface area contributed by atoms with Crippen molar-refractivity contribution in [3.8, 4) is 11.8 Å². The summed E-state index contributed by atoms with van der Waals surface area (Å²) in [5.41, 5.74) is 5.37. The van der Waals surface area contributed by atoms with Gasteiger partial charge < -0.3 is 10.6 Å². The fourth-order valence-electron chi connectivity index (χ4n) is 2.28. The maximum absolute atomic E-state index is 12.6. The highest BCUT2D eigenvalue weighted by molar-refractivity contribution is 7.14. The average molecular weight is 288 g/mol. The molecule has 106 valence electrons. The minimum absolute atomic E-state index is 0.189. The Morgan fingerprint density at radius 1 is 1.25 bits per heavy atom. The molecule has 0 aliphatic heterocycles. The zero-order valence-corrected chi connectivity index (χ0v) is 12.4. The van der Waals surface area contributed by atoms with Gasteiger partial charge in [0, 0.05) is 13.1 Å². The first-order chi connectivity index (χ1) is 9.76. The molecule has 2 fully saturated rings. The van der Waals surface area contributed by atoms with Gasteiger partial charge in [0.25, 0.3) is 5.91 Å². The van der Waals surface area contributed by atoms with Crippen molar-refractivity contribution < 1.29 is 4.79 Å². The molecule has 0 aromatic carbocycles. The predicted molar refractivity (Wildman–Crippen MR) is 81.6 cm³/mol. The molecule has 4 heteroatoms. The molecule has 3 rings (SSSR count). The van der Waals surface area contributed by atoms with Crippen LogP contribution in [0.15, 0.2) is 12.1 Å². The number of carbonyl (C=O) groups excluding carboxylic acids is 1. The van der Waals surface area contributed by atoms with Gasteiger partial charge in [-0.05, 0) is 49.7 Å². The van der Waals surface area contributed by atoms with E-state index in [1.165, 1.54) is 37.0 Å². The van der Waals surface area contributed by atoms with E-state index in [-0.39, 0.29) is 5.91 Å². The maximum Gasteiger partial charge on any atom is 0.263 e. The third-order valence-corrected chi connectivity index (χ3v) is 4.76. The lowest BCUT2D eigenvalue weighted by Crippen LogP contribution is -2.34. The standard InChI is InChI=1S/C16H20N2OS/c17-9-1-2-14-7-8-15(20-14)16(19)18(10-12-3-4-12)11-13-5-6-13/h7-8,12-13H,3-6,9-11,17H2. The van der Waals surface area contributed by atoms with E-state index in [9.17, 15) is 4.79 Å². The van der Waals surface area contributed by atoms with Gasteiger partial charge in [-0.3, -0.25) is 4.79 Å². The largest absolute Gasteiger partial charge is 0.337 e. The van der Waals surface area contributed by atoms with Crippen LogP contribution < -0.4 is 5.73 Å². The molecule has 2 aliphatic carbocycles. The summed E-state index contributed by atoms with van der Waals surface area (Å²) in [4.78, 5) is 16.4. The van der Waals surface area contributed by atoms with Crippen LogP contribution in [0.1, 0.15) is 40.2 Å². The normalized spacial score (nSPS) is 17.4. The monoisotopic (exact) mass is 288 g/mol. The van der Waals surface area contributed by atoms with E-state index in [0.29, 0.717) is 6.54 Å². The SMILES string of the molecule is NCC#Cc1ccc(C(=O)N(CC2CC2)CC2CC2)s1. The highest BCUT2D eigenvalue weighted by Crippen LogP contribution is 2.34. The molecule has 2 saturated carbocycles. The highest BCUT2D eigenvalue weighted by Gasteiger charge is 2.32. The Kier molecular flexibility index (Phi) is 4.09.